The van der Waals surface area contributed by atoms with Gasteiger partial charge in [-0.2, -0.15) is 0 Å². The lowest BCUT2D eigenvalue weighted by Gasteiger charge is -2.13. The standard InChI is InChI=1S/C11H18N2O/c1-3-5-9(2)13-11(14)8-10-6-4-7-12-10/h1,9-10,12H,4-8H2,2H3,(H,13,14). The molecule has 0 spiro atoms. The minimum Gasteiger partial charge on any atom is -0.353 e. The Balaban J connectivity index is 2.18. The van der Waals surface area contributed by atoms with Gasteiger partial charge in [-0.05, 0) is 26.3 Å². The minimum absolute atomic E-state index is 0.0916. The van der Waals surface area contributed by atoms with Gasteiger partial charge in [-0.1, -0.05) is 0 Å². The lowest BCUT2D eigenvalue weighted by atomic mass is 10.1. The molecule has 1 heterocycles. The van der Waals surface area contributed by atoms with Crippen molar-refractivity contribution in [3.8, 4) is 12.3 Å². The Morgan fingerprint density at radius 1 is 1.79 bits per heavy atom. The van der Waals surface area contributed by atoms with E-state index in [0.717, 1.165) is 13.0 Å². The smallest absolute Gasteiger partial charge is 0.221 e. The first-order valence-corrected chi connectivity index (χ1v) is 5.18. The summed E-state index contributed by atoms with van der Waals surface area (Å²) in [5, 5.41) is 6.18. The topological polar surface area (TPSA) is 41.1 Å². The van der Waals surface area contributed by atoms with Crippen molar-refractivity contribution in [2.75, 3.05) is 6.54 Å². The van der Waals surface area contributed by atoms with E-state index in [4.69, 9.17) is 6.42 Å². The molecule has 2 unspecified atom stereocenters. The van der Waals surface area contributed by atoms with E-state index in [1.165, 1.54) is 6.42 Å². The molecule has 1 saturated heterocycles. The molecule has 0 aromatic heterocycles. The van der Waals surface area contributed by atoms with Crippen LogP contribution in [0.2, 0.25) is 0 Å². The number of carbonyl (C=O) groups is 1. The van der Waals surface area contributed by atoms with Crippen molar-refractivity contribution < 1.29 is 4.79 Å². The Morgan fingerprint density at radius 3 is 3.14 bits per heavy atom. The first-order chi connectivity index (χ1) is 6.72. The summed E-state index contributed by atoms with van der Waals surface area (Å²) in [7, 11) is 0. The summed E-state index contributed by atoms with van der Waals surface area (Å²) < 4.78 is 0. The maximum absolute atomic E-state index is 11.5. The van der Waals surface area contributed by atoms with Gasteiger partial charge in [-0.3, -0.25) is 4.79 Å². The summed E-state index contributed by atoms with van der Waals surface area (Å²) in [6, 6.07) is 0.460. The van der Waals surface area contributed by atoms with Gasteiger partial charge in [-0.15, -0.1) is 12.3 Å². The molecule has 14 heavy (non-hydrogen) atoms. The number of hydrogen-bond donors (Lipinski definition) is 2. The fraction of sp³-hybridized carbons (Fsp3) is 0.727. The summed E-state index contributed by atoms with van der Waals surface area (Å²) in [5.41, 5.74) is 0. The van der Waals surface area contributed by atoms with Crippen LogP contribution in [0, 0.1) is 12.3 Å². The molecular weight excluding hydrogens is 176 g/mol. The summed E-state index contributed by atoms with van der Waals surface area (Å²) in [6.07, 6.45) is 8.62. The lowest BCUT2D eigenvalue weighted by Crippen LogP contribution is -2.36. The monoisotopic (exact) mass is 194 g/mol. The molecule has 1 rings (SSSR count). The highest BCUT2D eigenvalue weighted by Crippen LogP contribution is 2.08. The summed E-state index contributed by atoms with van der Waals surface area (Å²) in [6.45, 7) is 2.97. The van der Waals surface area contributed by atoms with Gasteiger partial charge in [0.25, 0.3) is 0 Å². The number of amides is 1. The Kier molecular flexibility index (Phi) is 4.48. The van der Waals surface area contributed by atoms with Crippen LogP contribution in [0.25, 0.3) is 0 Å². The van der Waals surface area contributed by atoms with Gasteiger partial charge >= 0.3 is 0 Å². The van der Waals surface area contributed by atoms with Gasteiger partial charge < -0.3 is 10.6 Å². The van der Waals surface area contributed by atoms with Crippen molar-refractivity contribution in [2.24, 2.45) is 0 Å². The Labute approximate surface area is 85.6 Å². The van der Waals surface area contributed by atoms with Crippen LogP contribution in [0.1, 0.15) is 32.6 Å². The second-order valence-corrected chi connectivity index (χ2v) is 3.87. The fourth-order valence-electron chi connectivity index (χ4n) is 1.72. The molecule has 3 heteroatoms. The zero-order chi connectivity index (χ0) is 10.4. The van der Waals surface area contributed by atoms with E-state index in [9.17, 15) is 4.79 Å². The van der Waals surface area contributed by atoms with Crippen LogP contribution in [-0.2, 0) is 4.79 Å². The van der Waals surface area contributed by atoms with Crippen molar-refractivity contribution in [3.63, 3.8) is 0 Å². The predicted octanol–water partition coefficient (Wildman–Crippen LogP) is 0.656. The van der Waals surface area contributed by atoms with E-state index in [1.54, 1.807) is 0 Å². The number of rotatable bonds is 4. The zero-order valence-electron chi connectivity index (χ0n) is 8.68. The molecule has 0 aromatic carbocycles. The van der Waals surface area contributed by atoms with Gasteiger partial charge in [-0.25, -0.2) is 0 Å². The molecule has 0 saturated carbocycles. The summed E-state index contributed by atoms with van der Waals surface area (Å²) in [4.78, 5) is 11.5. The van der Waals surface area contributed by atoms with Crippen molar-refractivity contribution in [1.29, 1.82) is 0 Å². The first-order valence-electron chi connectivity index (χ1n) is 5.18. The molecule has 0 aliphatic carbocycles. The van der Waals surface area contributed by atoms with Crippen molar-refractivity contribution >= 4 is 5.91 Å². The summed E-state index contributed by atoms with van der Waals surface area (Å²) in [5.74, 6) is 2.64. The third kappa shape index (κ3) is 3.80. The van der Waals surface area contributed by atoms with Gasteiger partial charge in [0.1, 0.15) is 0 Å². The van der Waals surface area contributed by atoms with Crippen LogP contribution >= 0.6 is 0 Å². The molecular formula is C11H18N2O. The van der Waals surface area contributed by atoms with Gasteiger partial charge in [0.2, 0.25) is 5.91 Å². The van der Waals surface area contributed by atoms with E-state index in [0.29, 0.717) is 18.9 Å². The second-order valence-electron chi connectivity index (χ2n) is 3.87. The molecule has 2 atom stereocenters. The molecule has 0 radical (unpaired) electrons. The van der Waals surface area contributed by atoms with Crippen molar-refractivity contribution in [3.05, 3.63) is 0 Å². The molecule has 78 valence electrons. The van der Waals surface area contributed by atoms with Crippen LogP contribution in [0.15, 0.2) is 0 Å². The number of nitrogens with one attached hydrogen (secondary N) is 2. The Hall–Kier alpha value is -1.01. The van der Waals surface area contributed by atoms with Crippen molar-refractivity contribution in [1.82, 2.24) is 10.6 Å². The highest BCUT2D eigenvalue weighted by molar-refractivity contribution is 5.76. The predicted molar refractivity (Wildman–Crippen MR) is 56.7 cm³/mol. The van der Waals surface area contributed by atoms with Crippen LogP contribution in [0.4, 0.5) is 0 Å². The molecule has 0 aromatic rings. The van der Waals surface area contributed by atoms with Gasteiger partial charge in [0.05, 0.1) is 0 Å². The van der Waals surface area contributed by atoms with Crippen LogP contribution < -0.4 is 10.6 Å². The van der Waals surface area contributed by atoms with E-state index < -0.39 is 0 Å². The maximum Gasteiger partial charge on any atom is 0.221 e. The molecule has 1 fully saturated rings. The Bertz CT molecular complexity index is 226. The largest absolute Gasteiger partial charge is 0.353 e. The second kappa shape index (κ2) is 5.66. The SMILES string of the molecule is C#CCC(C)NC(=O)CC1CCCN1. The average Bonchev–Trinajstić information content (AvgIpc) is 2.56. The number of hydrogen-bond acceptors (Lipinski definition) is 2. The highest BCUT2D eigenvalue weighted by atomic mass is 16.1. The minimum atomic E-state index is 0.0916. The number of terminal acetylenes is 1. The third-order valence-electron chi connectivity index (χ3n) is 2.43. The number of carbonyl (C=O) groups excluding carboxylic acids is 1. The molecule has 1 aliphatic heterocycles. The first kappa shape index (κ1) is 11.1. The molecule has 1 amide bonds. The summed E-state index contributed by atoms with van der Waals surface area (Å²) >= 11 is 0. The Morgan fingerprint density at radius 2 is 2.57 bits per heavy atom. The van der Waals surface area contributed by atoms with E-state index in [2.05, 4.69) is 16.6 Å². The normalized spacial score (nSPS) is 22.7. The fourth-order valence-corrected chi connectivity index (χ4v) is 1.72. The lowest BCUT2D eigenvalue weighted by molar-refractivity contribution is -0.122. The molecule has 2 N–H and O–H groups in total. The third-order valence-corrected chi connectivity index (χ3v) is 2.43. The van der Waals surface area contributed by atoms with E-state index >= 15 is 0 Å². The molecule has 3 nitrogen and oxygen atoms in total. The maximum atomic E-state index is 11.5. The zero-order valence-corrected chi connectivity index (χ0v) is 8.68. The highest BCUT2D eigenvalue weighted by Gasteiger charge is 2.18. The van der Waals surface area contributed by atoms with Gasteiger partial charge in [0.15, 0.2) is 0 Å². The van der Waals surface area contributed by atoms with Crippen LogP contribution in [0.3, 0.4) is 0 Å². The molecule has 1 aliphatic rings. The van der Waals surface area contributed by atoms with Crippen molar-refractivity contribution in [2.45, 2.75) is 44.7 Å². The quantitative estimate of drug-likeness (QED) is 0.645. The van der Waals surface area contributed by atoms with Crippen LogP contribution in [0.5, 0.6) is 0 Å². The van der Waals surface area contributed by atoms with E-state index in [1.807, 2.05) is 6.92 Å². The average molecular weight is 194 g/mol. The molecule has 0 bridgehead atoms. The van der Waals surface area contributed by atoms with Gasteiger partial charge in [0, 0.05) is 24.9 Å². The van der Waals surface area contributed by atoms with Crippen LogP contribution in [-0.4, -0.2) is 24.5 Å². The van der Waals surface area contributed by atoms with E-state index in [-0.39, 0.29) is 11.9 Å².